The van der Waals surface area contributed by atoms with E-state index in [1.807, 2.05) is 23.6 Å². The topological polar surface area (TPSA) is 108 Å². The van der Waals surface area contributed by atoms with Crippen LogP contribution in [-0.2, 0) is 20.7 Å². The van der Waals surface area contributed by atoms with Crippen LogP contribution < -0.4 is 5.32 Å². The Kier molecular flexibility index (Phi) is 9.91. The first-order chi connectivity index (χ1) is 21.7. The third-order valence-electron chi connectivity index (χ3n) is 9.33. The van der Waals surface area contributed by atoms with Crippen LogP contribution in [0.25, 0.3) is 11.1 Å². The van der Waals surface area contributed by atoms with E-state index >= 15 is 4.39 Å². The van der Waals surface area contributed by atoms with E-state index in [9.17, 15) is 19.1 Å². The van der Waals surface area contributed by atoms with Gasteiger partial charge in [0.2, 0.25) is 5.91 Å². The molecule has 0 unspecified atom stereocenters. The van der Waals surface area contributed by atoms with E-state index in [0.29, 0.717) is 43.5 Å². The molecule has 1 aliphatic carbocycles. The van der Waals surface area contributed by atoms with Crippen molar-refractivity contribution in [2.24, 2.45) is 5.92 Å². The summed E-state index contributed by atoms with van der Waals surface area (Å²) in [5, 5.41) is 12.2. The van der Waals surface area contributed by atoms with Crippen LogP contribution in [0.2, 0.25) is 0 Å². The molecule has 3 aromatic rings. The van der Waals surface area contributed by atoms with E-state index in [0.717, 1.165) is 49.5 Å². The van der Waals surface area contributed by atoms with Gasteiger partial charge in [-0.25, -0.2) is 8.78 Å². The summed E-state index contributed by atoms with van der Waals surface area (Å²) in [6.07, 6.45) is 4.34. The Hall–Kier alpha value is -3.22. The second kappa shape index (κ2) is 14.0. The van der Waals surface area contributed by atoms with Gasteiger partial charge in [0.1, 0.15) is 11.3 Å². The number of hydrogen-bond donors (Lipinski definition) is 2. The standard InChI is InChI=1S/C33H40F2N4O5S/c1-20-2-5-23(34)17-28(20)36-33-37-31-27(35)14-21(15-29(31)44-33)16-30(40)39-24(18-38-10-12-45-13-11-38)6-7-25(39)19-43-26-8-3-22(4-9-26)32(41)42/h2,5,14-15,17,22,24-26H,3-4,6-13,16,18-19H2,1H3,(H,36,37)(H,41,42)/t22?,24-,25-,26?/m0/s1. The number of anilines is 2. The van der Waals surface area contributed by atoms with Crippen LogP contribution in [0.3, 0.4) is 0 Å². The maximum absolute atomic E-state index is 15.2. The van der Waals surface area contributed by atoms with Gasteiger partial charge in [0.15, 0.2) is 11.4 Å². The zero-order valence-corrected chi connectivity index (χ0v) is 26.3. The Morgan fingerprint density at radius 3 is 2.58 bits per heavy atom. The van der Waals surface area contributed by atoms with Gasteiger partial charge in [0.25, 0.3) is 6.01 Å². The maximum atomic E-state index is 15.2. The van der Waals surface area contributed by atoms with Crippen LogP contribution in [0.15, 0.2) is 34.7 Å². The third-order valence-corrected chi connectivity index (χ3v) is 10.3. The minimum absolute atomic E-state index is 0.00218. The Balaban J connectivity index is 1.16. The fraction of sp³-hybridized carbons (Fsp3) is 0.545. The minimum Gasteiger partial charge on any atom is -0.481 e. The van der Waals surface area contributed by atoms with Gasteiger partial charge in [-0.2, -0.15) is 16.7 Å². The molecule has 1 amide bonds. The molecule has 2 N–H and O–H groups in total. The lowest BCUT2D eigenvalue weighted by Crippen LogP contribution is -2.50. The van der Waals surface area contributed by atoms with E-state index in [2.05, 4.69) is 15.2 Å². The molecule has 2 aliphatic heterocycles. The summed E-state index contributed by atoms with van der Waals surface area (Å²) in [6.45, 7) is 5.01. The average molecular weight is 643 g/mol. The van der Waals surface area contributed by atoms with Crippen LogP contribution in [0.5, 0.6) is 0 Å². The second-order valence-corrected chi connectivity index (χ2v) is 13.7. The van der Waals surface area contributed by atoms with Gasteiger partial charge in [-0.1, -0.05) is 6.07 Å². The number of aromatic nitrogens is 1. The molecule has 242 valence electrons. The highest BCUT2D eigenvalue weighted by atomic mass is 32.2. The van der Waals surface area contributed by atoms with Gasteiger partial charge < -0.3 is 24.5 Å². The summed E-state index contributed by atoms with van der Waals surface area (Å²) in [6, 6.07) is 7.27. The molecule has 3 fully saturated rings. The average Bonchev–Trinajstić information content (AvgIpc) is 3.62. The Morgan fingerprint density at radius 1 is 1.07 bits per heavy atom. The third kappa shape index (κ3) is 7.61. The van der Waals surface area contributed by atoms with Crippen molar-refractivity contribution in [3.63, 3.8) is 0 Å². The van der Waals surface area contributed by atoms with Crippen LogP contribution >= 0.6 is 11.8 Å². The number of hydrogen-bond acceptors (Lipinski definition) is 8. The van der Waals surface area contributed by atoms with E-state index in [4.69, 9.17) is 9.15 Å². The summed E-state index contributed by atoms with van der Waals surface area (Å²) < 4.78 is 41.1. The molecule has 45 heavy (non-hydrogen) atoms. The molecule has 0 spiro atoms. The van der Waals surface area contributed by atoms with E-state index in [1.54, 1.807) is 12.1 Å². The summed E-state index contributed by atoms with van der Waals surface area (Å²) in [4.78, 5) is 33.9. The SMILES string of the molecule is Cc1ccc(F)cc1Nc1nc2c(F)cc(CC(=O)N3[C@H](COC4CCC(C(=O)O)CC4)CC[C@H]3CN3CCSCC3)cc2o1. The van der Waals surface area contributed by atoms with E-state index < -0.39 is 17.6 Å². The van der Waals surface area contributed by atoms with Crippen molar-refractivity contribution in [2.45, 2.75) is 70.1 Å². The molecular weight excluding hydrogens is 602 g/mol. The number of carboxylic acid groups (broad SMARTS) is 1. The highest BCUT2D eigenvalue weighted by molar-refractivity contribution is 7.99. The molecule has 2 atom stereocenters. The van der Waals surface area contributed by atoms with Gasteiger partial charge in [-0.15, -0.1) is 0 Å². The zero-order valence-electron chi connectivity index (χ0n) is 25.5. The molecule has 2 saturated heterocycles. The molecule has 0 bridgehead atoms. The Labute approximate surface area is 265 Å². The number of nitrogens with zero attached hydrogens (tertiary/aromatic N) is 3. The molecule has 3 aliphatic rings. The number of oxazole rings is 1. The second-order valence-electron chi connectivity index (χ2n) is 12.4. The number of carbonyl (C=O) groups is 2. The molecular formula is C33H40F2N4O5S. The first-order valence-electron chi connectivity index (χ1n) is 15.8. The van der Waals surface area contributed by atoms with Crippen molar-refractivity contribution in [1.29, 1.82) is 0 Å². The number of rotatable bonds is 10. The normalized spacial score (nSPS) is 24.3. The molecule has 0 radical (unpaired) electrons. The van der Waals surface area contributed by atoms with Gasteiger partial charge >= 0.3 is 5.97 Å². The highest BCUT2D eigenvalue weighted by Crippen LogP contribution is 2.32. The van der Waals surface area contributed by atoms with Crippen LogP contribution in [-0.4, -0.2) is 87.7 Å². The first-order valence-corrected chi connectivity index (χ1v) is 17.0. The van der Waals surface area contributed by atoms with Crippen LogP contribution in [0.1, 0.15) is 49.7 Å². The first kappa shape index (κ1) is 31.7. The lowest BCUT2D eigenvalue weighted by atomic mass is 9.87. The lowest BCUT2D eigenvalue weighted by Gasteiger charge is -2.36. The Morgan fingerprint density at radius 2 is 1.82 bits per heavy atom. The summed E-state index contributed by atoms with van der Waals surface area (Å²) in [7, 11) is 0. The number of halogens is 2. The molecule has 2 aromatic carbocycles. The number of fused-ring (bicyclic) bond motifs is 1. The molecule has 3 heterocycles. The zero-order chi connectivity index (χ0) is 31.5. The number of benzene rings is 2. The quantitative estimate of drug-likeness (QED) is 0.285. The number of amides is 1. The Bertz CT molecular complexity index is 1520. The van der Waals surface area contributed by atoms with Crippen molar-refractivity contribution < 1.29 is 32.6 Å². The van der Waals surface area contributed by atoms with Crippen molar-refractivity contribution in [1.82, 2.24) is 14.8 Å². The number of nitrogens with one attached hydrogen (secondary N) is 1. The van der Waals surface area contributed by atoms with Crippen LogP contribution in [0.4, 0.5) is 20.5 Å². The fourth-order valence-electron chi connectivity index (χ4n) is 6.82. The molecule has 6 rings (SSSR count). The number of thioether (sulfide) groups is 1. The number of aryl methyl sites for hydroxylation is 1. The number of carboxylic acids is 1. The molecule has 1 aromatic heterocycles. The van der Waals surface area contributed by atoms with E-state index in [-0.39, 0.29) is 53.5 Å². The number of aliphatic carboxylic acids is 1. The monoisotopic (exact) mass is 642 g/mol. The smallest absolute Gasteiger partial charge is 0.306 e. The van der Waals surface area contributed by atoms with Gasteiger partial charge in [-0.05, 0) is 80.8 Å². The van der Waals surface area contributed by atoms with Gasteiger partial charge in [0, 0.05) is 42.9 Å². The van der Waals surface area contributed by atoms with Crippen molar-refractivity contribution in [3.05, 3.63) is 53.1 Å². The van der Waals surface area contributed by atoms with E-state index in [1.165, 1.54) is 18.2 Å². The fourth-order valence-corrected chi connectivity index (χ4v) is 7.80. The minimum atomic E-state index is -0.742. The predicted octanol–water partition coefficient (Wildman–Crippen LogP) is 5.77. The summed E-state index contributed by atoms with van der Waals surface area (Å²) in [5.74, 6) is 0.0222. The summed E-state index contributed by atoms with van der Waals surface area (Å²) >= 11 is 1.95. The van der Waals surface area contributed by atoms with Crippen molar-refractivity contribution in [2.75, 3.05) is 43.1 Å². The molecule has 1 saturated carbocycles. The highest BCUT2D eigenvalue weighted by Gasteiger charge is 2.38. The van der Waals surface area contributed by atoms with Crippen molar-refractivity contribution in [3.8, 4) is 0 Å². The van der Waals surface area contributed by atoms with Gasteiger partial charge in [0.05, 0.1) is 31.1 Å². The van der Waals surface area contributed by atoms with Gasteiger partial charge in [-0.3, -0.25) is 14.5 Å². The number of ether oxygens (including phenoxy) is 1. The molecule has 9 nitrogen and oxygen atoms in total. The lowest BCUT2D eigenvalue weighted by molar-refractivity contribution is -0.144. The van der Waals surface area contributed by atoms with Crippen molar-refractivity contribution >= 4 is 46.4 Å². The maximum Gasteiger partial charge on any atom is 0.306 e. The summed E-state index contributed by atoms with van der Waals surface area (Å²) in [5.41, 5.74) is 1.97. The number of carbonyl (C=O) groups excluding carboxylic acids is 1. The largest absolute Gasteiger partial charge is 0.481 e. The molecule has 12 heteroatoms. The van der Waals surface area contributed by atoms with Crippen LogP contribution in [0, 0.1) is 24.5 Å². The number of likely N-dealkylation sites (tertiary alicyclic amines) is 1. The predicted molar refractivity (Wildman–Crippen MR) is 169 cm³/mol.